The summed E-state index contributed by atoms with van der Waals surface area (Å²) in [6.07, 6.45) is 1.96. The van der Waals surface area contributed by atoms with Crippen LogP contribution in [0.25, 0.3) is 0 Å². The van der Waals surface area contributed by atoms with Crippen LogP contribution in [0, 0.1) is 5.92 Å². The molecule has 0 unspecified atom stereocenters. The smallest absolute Gasteiger partial charge is 0.273 e. The van der Waals surface area contributed by atoms with Crippen molar-refractivity contribution >= 4 is 5.69 Å². The summed E-state index contributed by atoms with van der Waals surface area (Å²) >= 11 is 0. The van der Waals surface area contributed by atoms with Crippen LogP contribution in [0.3, 0.4) is 0 Å². The molecule has 0 aromatic carbocycles. The van der Waals surface area contributed by atoms with Gasteiger partial charge in [0.1, 0.15) is 0 Å². The molecular formula is C14H23N3O. The minimum Gasteiger partial charge on any atom is -0.394 e. The maximum absolute atomic E-state index is 12.2. The summed E-state index contributed by atoms with van der Waals surface area (Å²) in [5.74, 6) is 0.597. The second-order valence-corrected chi connectivity index (χ2v) is 5.70. The third-order valence-corrected chi connectivity index (χ3v) is 3.62. The number of pyridine rings is 1. The summed E-state index contributed by atoms with van der Waals surface area (Å²) in [4.78, 5) is 14.4. The van der Waals surface area contributed by atoms with Gasteiger partial charge in [0.15, 0.2) is 0 Å². The zero-order chi connectivity index (χ0) is 13.3. The van der Waals surface area contributed by atoms with Crippen LogP contribution in [0.5, 0.6) is 0 Å². The third kappa shape index (κ3) is 2.58. The van der Waals surface area contributed by atoms with Gasteiger partial charge in [0, 0.05) is 31.7 Å². The molecule has 1 aliphatic rings. The molecule has 1 aromatic heterocycles. The first-order valence-corrected chi connectivity index (χ1v) is 6.68. The summed E-state index contributed by atoms with van der Waals surface area (Å²) in [6.45, 7) is 7.04. The molecule has 0 spiro atoms. The van der Waals surface area contributed by atoms with E-state index in [4.69, 9.17) is 5.73 Å². The topological polar surface area (TPSA) is 51.3 Å². The van der Waals surface area contributed by atoms with E-state index in [0.29, 0.717) is 11.6 Å². The number of rotatable bonds is 3. The van der Waals surface area contributed by atoms with Crippen molar-refractivity contribution in [2.24, 2.45) is 5.92 Å². The van der Waals surface area contributed by atoms with Gasteiger partial charge in [-0.25, -0.2) is 0 Å². The first-order chi connectivity index (χ1) is 8.49. The van der Waals surface area contributed by atoms with Crippen LogP contribution in [-0.2, 0) is 19.5 Å². The normalized spacial score (nSPS) is 16.0. The van der Waals surface area contributed by atoms with Crippen LogP contribution in [0.1, 0.15) is 31.5 Å². The van der Waals surface area contributed by atoms with Crippen molar-refractivity contribution in [3.8, 4) is 0 Å². The number of hydrogen-bond donors (Lipinski definition) is 1. The number of nitrogens with zero attached hydrogens (tertiary/aromatic N) is 2. The highest BCUT2D eigenvalue weighted by Crippen LogP contribution is 2.19. The maximum atomic E-state index is 12.2. The molecule has 2 rings (SSSR count). The Labute approximate surface area is 108 Å². The predicted molar refractivity (Wildman–Crippen MR) is 74.6 cm³/mol. The van der Waals surface area contributed by atoms with Gasteiger partial charge in [-0.15, -0.1) is 0 Å². The highest BCUT2D eigenvalue weighted by atomic mass is 16.1. The summed E-state index contributed by atoms with van der Waals surface area (Å²) in [6, 6.07) is 1.86. The molecule has 0 fully saturated rings. The molecule has 2 N–H and O–H groups in total. The van der Waals surface area contributed by atoms with Crippen molar-refractivity contribution in [1.82, 2.24) is 9.47 Å². The number of anilines is 1. The van der Waals surface area contributed by atoms with Gasteiger partial charge >= 0.3 is 0 Å². The van der Waals surface area contributed by atoms with Crippen molar-refractivity contribution in [1.29, 1.82) is 0 Å². The summed E-state index contributed by atoms with van der Waals surface area (Å²) < 4.78 is 1.90. The van der Waals surface area contributed by atoms with Gasteiger partial charge in [0.05, 0.1) is 5.69 Å². The Morgan fingerprint density at radius 1 is 1.44 bits per heavy atom. The van der Waals surface area contributed by atoms with Gasteiger partial charge in [-0.2, -0.15) is 0 Å². The first kappa shape index (κ1) is 13.1. The minimum atomic E-state index is -0.0149. The summed E-state index contributed by atoms with van der Waals surface area (Å²) in [5.41, 5.74) is 8.61. The fraction of sp³-hybridized carbons (Fsp3) is 0.643. The number of nitrogens with two attached hydrogens (primary N) is 1. The SMILES string of the molecule is CC(C)CCn1c2c(cc(N)c1=O)CN(C)CC2. The molecule has 0 radical (unpaired) electrons. The van der Waals surface area contributed by atoms with E-state index in [1.165, 1.54) is 11.3 Å². The second kappa shape index (κ2) is 5.14. The predicted octanol–water partition coefficient (Wildman–Crippen LogP) is 1.46. The lowest BCUT2D eigenvalue weighted by atomic mass is 10.0. The molecule has 2 heterocycles. The van der Waals surface area contributed by atoms with Crippen LogP contribution < -0.4 is 11.3 Å². The lowest BCUT2D eigenvalue weighted by Gasteiger charge is -2.28. The van der Waals surface area contributed by atoms with Crippen LogP contribution in [0.4, 0.5) is 5.69 Å². The number of aromatic nitrogens is 1. The largest absolute Gasteiger partial charge is 0.394 e. The van der Waals surface area contributed by atoms with Crippen LogP contribution in [-0.4, -0.2) is 23.1 Å². The van der Waals surface area contributed by atoms with E-state index in [0.717, 1.165) is 32.5 Å². The molecule has 1 aliphatic heterocycles. The van der Waals surface area contributed by atoms with E-state index in [1.807, 2.05) is 10.6 Å². The Bertz CT molecular complexity index is 491. The minimum absolute atomic E-state index is 0.0149. The van der Waals surface area contributed by atoms with Gasteiger partial charge in [0.2, 0.25) is 0 Å². The lowest BCUT2D eigenvalue weighted by Crippen LogP contribution is -2.35. The molecule has 4 heteroatoms. The van der Waals surface area contributed by atoms with E-state index in [-0.39, 0.29) is 5.56 Å². The van der Waals surface area contributed by atoms with Gasteiger partial charge in [-0.1, -0.05) is 13.8 Å². The number of likely N-dealkylation sites (N-methyl/N-ethyl adjacent to an activating group) is 1. The summed E-state index contributed by atoms with van der Waals surface area (Å²) in [7, 11) is 2.10. The lowest BCUT2D eigenvalue weighted by molar-refractivity contribution is 0.303. The van der Waals surface area contributed by atoms with Gasteiger partial charge in [-0.05, 0) is 31.0 Å². The Balaban J connectivity index is 2.40. The standard InChI is InChI=1S/C14H23N3O/c1-10(2)4-7-17-13-5-6-16(3)9-11(13)8-12(15)14(17)18/h8,10H,4-7,9,15H2,1-3H3. The molecule has 0 amide bonds. The Kier molecular flexibility index (Phi) is 3.76. The third-order valence-electron chi connectivity index (χ3n) is 3.62. The Morgan fingerprint density at radius 2 is 2.17 bits per heavy atom. The number of fused-ring (bicyclic) bond motifs is 1. The molecular weight excluding hydrogens is 226 g/mol. The molecule has 0 aliphatic carbocycles. The van der Waals surface area contributed by atoms with Crippen molar-refractivity contribution in [3.05, 3.63) is 27.7 Å². The Hall–Kier alpha value is -1.29. The van der Waals surface area contributed by atoms with E-state index in [9.17, 15) is 4.79 Å². The van der Waals surface area contributed by atoms with E-state index < -0.39 is 0 Å². The van der Waals surface area contributed by atoms with Crippen LogP contribution in [0.2, 0.25) is 0 Å². The zero-order valence-corrected chi connectivity index (χ0v) is 11.6. The molecule has 0 saturated heterocycles. The average molecular weight is 249 g/mol. The first-order valence-electron chi connectivity index (χ1n) is 6.68. The highest BCUT2D eigenvalue weighted by Gasteiger charge is 2.19. The summed E-state index contributed by atoms with van der Waals surface area (Å²) in [5, 5.41) is 0. The van der Waals surface area contributed by atoms with E-state index in [1.54, 1.807) is 0 Å². The fourth-order valence-electron chi connectivity index (χ4n) is 2.51. The van der Waals surface area contributed by atoms with Gasteiger partial charge in [0.25, 0.3) is 5.56 Å². The van der Waals surface area contributed by atoms with Crippen molar-refractivity contribution in [3.63, 3.8) is 0 Å². The second-order valence-electron chi connectivity index (χ2n) is 5.70. The highest BCUT2D eigenvalue weighted by molar-refractivity contribution is 5.42. The molecule has 1 aromatic rings. The van der Waals surface area contributed by atoms with E-state index in [2.05, 4.69) is 25.8 Å². The van der Waals surface area contributed by atoms with Crippen molar-refractivity contribution < 1.29 is 0 Å². The van der Waals surface area contributed by atoms with Crippen molar-refractivity contribution in [2.45, 2.75) is 39.8 Å². The van der Waals surface area contributed by atoms with Gasteiger partial charge < -0.3 is 15.2 Å². The maximum Gasteiger partial charge on any atom is 0.273 e. The fourth-order valence-corrected chi connectivity index (χ4v) is 2.51. The molecule has 0 atom stereocenters. The Morgan fingerprint density at radius 3 is 2.83 bits per heavy atom. The molecule has 100 valence electrons. The monoisotopic (exact) mass is 249 g/mol. The van der Waals surface area contributed by atoms with E-state index >= 15 is 0 Å². The van der Waals surface area contributed by atoms with Crippen LogP contribution >= 0.6 is 0 Å². The van der Waals surface area contributed by atoms with Gasteiger partial charge in [-0.3, -0.25) is 4.79 Å². The molecule has 4 nitrogen and oxygen atoms in total. The number of nitrogen functional groups attached to an aromatic ring is 1. The number of hydrogen-bond acceptors (Lipinski definition) is 3. The average Bonchev–Trinajstić information content (AvgIpc) is 2.29. The van der Waals surface area contributed by atoms with Crippen molar-refractivity contribution in [2.75, 3.05) is 19.3 Å². The quantitative estimate of drug-likeness (QED) is 0.882. The molecule has 18 heavy (non-hydrogen) atoms. The molecule has 0 bridgehead atoms. The van der Waals surface area contributed by atoms with Crippen LogP contribution in [0.15, 0.2) is 10.9 Å². The zero-order valence-electron chi connectivity index (χ0n) is 11.6. The molecule has 0 saturated carbocycles.